The number of nitrogens with one attached hydrogen (secondary N) is 1. The van der Waals surface area contributed by atoms with Crippen molar-refractivity contribution in [1.29, 1.82) is 0 Å². The van der Waals surface area contributed by atoms with E-state index in [0.717, 1.165) is 0 Å². The first-order valence-corrected chi connectivity index (χ1v) is 4.77. The number of carbonyl (C=O) groups excluding carboxylic acids is 1. The van der Waals surface area contributed by atoms with Crippen LogP contribution in [0, 0.1) is 6.92 Å². The van der Waals surface area contributed by atoms with Crippen LogP contribution in [0.25, 0.3) is 0 Å². The molecule has 0 fully saturated rings. The fourth-order valence-corrected chi connectivity index (χ4v) is 1.14. The molecule has 0 aromatic heterocycles. The maximum Gasteiger partial charge on any atom is 0.251 e. The minimum Gasteiger partial charge on any atom is -0.508 e. The topological polar surface area (TPSA) is 75.4 Å². The van der Waals surface area contributed by atoms with E-state index in [1.54, 1.807) is 13.0 Å². The van der Waals surface area contributed by atoms with E-state index >= 15 is 0 Å². The minimum atomic E-state index is -0.258. The molecule has 0 aliphatic carbocycles. The van der Waals surface area contributed by atoms with Gasteiger partial charge in [-0.25, -0.2) is 0 Å². The normalized spacial score (nSPS) is 9.67. The van der Waals surface area contributed by atoms with Crippen molar-refractivity contribution in [1.82, 2.24) is 5.32 Å². The van der Waals surface area contributed by atoms with Crippen molar-refractivity contribution in [2.75, 3.05) is 6.54 Å². The first-order chi connectivity index (χ1) is 7.00. The van der Waals surface area contributed by atoms with Gasteiger partial charge in [0.05, 0.1) is 11.5 Å². The van der Waals surface area contributed by atoms with Gasteiger partial charge in [-0.15, -0.1) is 0 Å². The van der Waals surface area contributed by atoms with Crippen LogP contribution < -0.4 is 11.1 Å². The largest absolute Gasteiger partial charge is 0.508 e. The van der Waals surface area contributed by atoms with E-state index in [2.05, 4.69) is 17.5 Å². The number of thiocarbonyl (C=S) groups is 1. The lowest BCUT2D eigenvalue weighted by Gasteiger charge is -2.05. The third kappa shape index (κ3) is 3.21. The summed E-state index contributed by atoms with van der Waals surface area (Å²) in [6.45, 7) is 1.90. The summed E-state index contributed by atoms with van der Waals surface area (Å²) >= 11 is 4.63. The fraction of sp³-hybridized carbons (Fsp3) is 0.200. The van der Waals surface area contributed by atoms with Gasteiger partial charge in [-0.05, 0) is 30.7 Å². The van der Waals surface area contributed by atoms with Crippen LogP contribution in [0.5, 0.6) is 5.75 Å². The third-order valence-corrected chi connectivity index (χ3v) is 2.03. The number of carbonyl (C=O) groups is 1. The summed E-state index contributed by atoms with van der Waals surface area (Å²) in [4.78, 5) is 11.7. The van der Waals surface area contributed by atoms with E-state index < -0.39 is 0 Å². The molecule has 0 aliphatic heterocycles. The van der Waals surface area contributed by atoms with Crippen molar-refractivity contribution in [2.24, 2.45) is 5.73 Å². The Morgan fingerprint density at radius 3 is 2.80 bits per heavy atom. The Hall–Kier alpha value is -1.62. The first-order valence-electron chi connectivity index (χ1n) is 4.37. The van der Waals surface area contributed by atoms with E-state index in [9.17, 15) is 9.90 Å². The molecule has 0 bridgehead atoms. The molecule has 5 heteroatoms. The monoisotopic (exact) mass is 224 g/mol. The summed E-state index contributed by atoms with van der Waals surface area (Å²) in [6.07, 6.45) is 0. The van der Waals surface area contributed by atoms with Gasteiger partial charge in [0.1, 0.15) is 5.75 Å². The van der Waals surface area contributed by atoms with Gasteiger partial charge in [-0.2, -0.15) is 0 Å². The van der Waals surface area contributed by atoms with Crippen LogP contribution in [0.1, 0.15) is 15.9 Å². The zero-order chi connectivity index (χ0) is 11.4. The quantitative estimate of drug-likeness (QED) is 0.661. The molecule has 1 amide bonds. The predicted octanol–water partition coefficient (Wildman–Crippen LogP) is 0.717. The van der Waals surface area contributed by atoms with E-state index in [0.29, 0.717) is 11.1 Å². The number of phenolic OH excluding ortho intramolecular Hbond substituents is 1. The molecule has 15 heavy (non-hydrogen) atoms. The van der Waals surface area contributed by atoms with E-state index in [1.807, 2.05) is 0 Å². The molecule has 0 saturated heterocycles. The molecule has 0 saturated carbocycles. The molecule has 1 aromatic rings. The minimum absolute atomic E-state index is 0.167. The Morgan fingerprint density at radius 2 is 2.27 bits per heavy atom. The van der Waals surface area contributed by atoms with Crippen LogP contribution in [0.2, 0.25) is 0 Å². The Bertz CT molecular complexity index is 404. The number of amides is 1. The number of hydrogen-bond donors (Lipinski definition) is 3. The van der Waals surface area contributed by atoms with E-state index in [-0.39, 0.29) is 23.2 Å². The van der Waals surface area contributed by atoms with Crippen LogP contribution in [0.15, 0.2) is 18.2 Å². The number of phenols is 1. The van der Waals surface area contributed by atoms with E-state index in [1.165, 1.54) is 12.1 Å². The van der Waals surface area contributed by atoms with Gasteiger partial charge >= 0.3 is 0 Å². The highest BCUT2D eigenvalue weighted by atomic mass is 32.1. The van der Waals surface area contributed by atoms with Gasteiger partial charge < -0.3 is 16.2 Å². The highest BCUT2D eigenvalue weighted by Gasteiger charge is 2.06. The molecule has 1 aromatic carbocycles. The summed E-state index contributed by atoms with van der Waals surface area (Å²) in [5.74, 6) is -0.0909. The lowest BCUT2D eigenvalue weighted by Crippen LogP contribution is -2.32. The fourth-order valence-electron chi connectivity index (χ4n) is 1.07. The van der Waals surface area contributed by atoms with Crippen LogP contribution in [0.3, 0.4) is 0 Å². The van der Waals surface area contributed by atoms with Crippen molar-refractivity contribution in [3.8, 4) is 5.75 Å². The van der Waals surface area contributed by atoms with Gasteiger partial charge in [0.15, 0.2) is 0 Å². The summed E-state index contributed by atoms with van der Waals surface area (Å²) in [7, 11) is 0. The smallest absolute Gasteiger partial charge is 0.251 e. The molecule has 0 heterocycles. The van der Waals surface area contributed by atoms with Crippen molar-refractivity contribution < 1.29 is 9.90 Å². The molecular formula is C10H12N2O2S. The SMILES string of the molecule is Cc1cc(C(=O)NCC(N)=S)ccc1O. The van der Waals surface area contributed by atoms with Crippen molar-refractivity contribution in [3.05, 3.63) is 29.3 Å². The Labute approximate surface area is 93.1 Å². The predicted molar refractivity (Wildman–Crippen MR) is 62.0 cm³/mol. The average Bonchev–Trinajstić information content (AvgIpc) is 2.18. The summed E-state index contributed by atoms with van der Waals surface area (Å²) in [5.41, 5.74) is 6.37. The van der Waals surface area contributed by atoms with Crippen LogP contribution in [-0.4, -0.2) is 22.5 Å². The van der Waals surface area contributed by atoms with Gasteiger partial charge in [-0.1, -0.05) is 12.2 Å². The molecule has 0 unspecified atom stereocenters. The summed E-state index contributed by atoms with van der Waals surface area (Å²) in [5, 5.41) is 11.8. The van der Waals surface area contributed by atoms with Crippen molar-refractivity contribution in [2.45, 2.75) is 6.92 Å². The van der Waals surface area contributed by atoms with Crippen LogP contribution in [0.4, 0.5) is 0 Å². The second kappa shape index (κ2) is 4.75. The number of aryl methyl sites for hydroxylation is 1. The number of benzene rings is 1. The molecule has 4 N–H and O–H groups in total. The van der Waals surface area contributed by atoms with Crippen LogP contribution in [-0.2, 0) is 0 Å². The number of aromatic hydroxyl groups is 1. The van der Waals surface area contributed by atoms with Crippen LogP contribution >= 0.6 is 12.2 Å². The number of nitrogens with two attached hydrogens (primary N) is 1. The zero-order valence-electron chi connectivity index (χ0n) is 8.28. The molecule has 4 nitrogen and oxygen atoms in total. The average molecular weight is 224 g/mol. The number of hydrogen-bond acceptors (Lipinski definition) is 3. The zero-order valence-corrected chi connectivity index (χ0v) is 9.10. The molecule has 0 spiro atoms. The van der Waals surface area contributed by atoms with Gasteiger partial charge in [0.25, 0.3) is 5.91 Å². The third-order valence-electron chi connectivity index (χ3n) is 1.88. The number of rotatable bonds is 3. The maximum absolute atomic E-state index is 11.5. The Balaban J connectivity index is 2.74. The standard InChI is InChI=1S/C10H12N2O2S/c1-6-4-7(2-3-8(6)13)10(14)12-5-9(11)15/h2-4,13H,5H2,1H3,(H2,11,15)(H,12,14). The molecule has 0 aliphatic rings. The lowest BCUT2D eigenvalue weighted by molar-refractivity contribution is 0.0959. The highest BCUT2D eigenvalue weighted by Crippen LogP contribution is 2.16. The van der Waals surface area contributed by atoms with Gasteiger partial charge in [-0.3, -0.25) is 4.79 Å². The summed E-state index contributed by atoms with van der Waals surface area (Å²) < 4.78 is 0. The van der Waals surface area contributed by atoms with Gasteiger partial charge in [0.2, 0.25) is 0 Å². The summed E-state index contributed by atoms with van der Waals surface area (Å²) in [6, 6.07) is 4.62. The molecular weight excluding hydrogens is 212 g/mol. The molecule has 1 rings (SSSR count). The Morgan fingerprint density at radius 1 is 1.60 bits per heavy atom. The van der Waals surface area contributed by atoms with Gasteiger partial charge in [0, 0.05) is 5.56 Å². The lowest BCUT2D eigenvalue weighted by atomic mass is 10.1. The molecule has 0 radical (unpaired) electrons. The highest BCUT2D eigenvalue weighted by molar-refractivity contribution is 7.80. The molecule has 0 atom stereocenters. The van der Waals surface area contributed by atoms with Crippen molar-refractivity contribution >= 4 is 23.1 Å². The second-order valence-electron chi connectivity index (χ2n) is 3.15. The van der Waals surface area contributed by atoms with E-state index in [4.69, 9.17) is 5.73 Å². The first kappa shape index (κ1) is 11.5. The second-order valence-corrected chi connectivity index (χ2v) is 3.67. The van der Waals surface area contributed by atoms with Crippen molar-refractivity contribution in [3.63, 3.8) is 0 Å². The molecule has 80 valence electrons. The maximum atomic E-state index is 11.5. The Kier molecular flexibility index (Phi) is 3.62.